The van der Waals surface area contributed by atoms with E-state index in [0.717, 1.165) is 12.8 Å². The lowest BCUT2D eigenvalue weighted by molar-refractivity contribution is 0.399. The summed E-state index contributed by atoms with van der Waals surface area (Å²) in [7, 11) is -3.20. The standard InChI is InChI=1S/C16H28N2O2S/c1-6-7-14-8-10-15(11-9-14)13(2)17-12-16(3,4)18-21(5,19)20/h8-11,13,17-18H,6-7,12H2,1-5H3. The number of rotatable bonds is 8. The molecule has 4 nitrogen and oxygen atoms in total. The summed E-state index contributed by atoms with van der Waals surface area (Å²) in [6.45, 7) is 8.58. The van der Waals surface area contributed by atoms with Crippen molar-refractivity contribution < 1.29 is 8.42 Å². The van der Waals surface area contributed by atoms with E-state index in [9.17, 15) is 8.42 Å². The topological polar surface area (TPSA) is 58.2 Å². The highest BCUT2D eigenvalue weighted by atomic mass is 32.2. The van der Waals surface area contributed by atoms with Crippen molar-refractivity contribution in [2.45, 2.75) is 52.1 Å². The van der Waals surface area contributed by atoms with Crippen molar-refractivity contribution in [2.75, 3.05) is 12.8 Å². The van der Waals surface area contributed by atoms with Crippen LogP contribution < -0.4 is 10.0 Å². The van der Waals surface area contributed by atoms with Crippen LogP contribution in [0.25, 0.3) is 0 Å². The van der Waals surface area contributed by atoms with Crippen LogP contribution in [0.4, 0.5) is 0 Å². The van der Waals surface area contributed by atoms with E-state index in [-0.39, 0.29) is 6.04 Å². The normalized spacial score (nSPS) is 14.1. The number of nitrogens with one attached hydrogen (secondary N) is 2. The Hall–Kier alpha value is -0.910. The lowest BCUT2D eigenvalue weighted by Crippen LogP contribution is -2.50. The van der Waals surface area contributed by atoms with Gasteiger partial charge in [-0.3, -0.25) is 0 Å². The first-order chi connectivity index (χ1) is 9.63. The molecule has 120 valence electrons. The minimum absolute atomic E-state index is 0.182. The van der Waals surface area contributed by atoms with Crippen LogP contribution in [0.15, 0.2) is 24.3 Å². The van der Waals surface area contributed by atoms with Gasteiger partial charge in [-0.1, -0.05) is 37.6 Å². The minimum atomic E-state index is -3.20. The monoisotopic (exact) mass is 312 g/mol. The van der Waals surface area contributed by atoms with Crippen LogP contribution in [0, 0.1) is 0 Å². The van der Waals surface area contributed by atoms with Crippen molar-refractivity contribution >= 4 is 10.0 Å². The lowest BCUT2D eigenvalue weighted by atomic mass is 10.0. The molecule has 0 spiro atoms. The van der Waals surface area contributed by atoms with Crippen molar-refractivity contribution in [3.63, 3.8) is 0 Å². The van der Waals surface area contributed by atoms with Gasteiger partial charge in [0.25, 0.3) is 0 Å². The summed E-state index contributed by atoms with van der Waals surface area (Å²) in [5.41, 5.74) is 2.06. The summed E-state index contributed by atoms with van der Waals surface area (Å²) in [6, 6.07) is 8.79. The maximum absolute atomic E-state index is 11.3. The van der Waals surface area contributed by atoms with Gasteiger partial charge in [-0.05, 0) is 38.3 Å². The Morgan fingerprint density at radius 1 is 1.19 bits per heavy atom. The Morgan fingerprint density at radius 2 is 1.76 bits per heavy atom. The van der Waals surface area contributed by atoms with Crippen LogP contribution in [0.2, 0.25) is 0 Å². The van der Waals surface area contributed by atoms with Gasteiger partial charge < -0.3 is 5.32 Å². The molecule has 1 unspecified atom stereocenters. The van der Waals surface area contributed by atoms with Crippen molar-refractivity contribution in [3.8, 4) is 0 Å². The fourth-order valence-electron chi connectivity index (χ4n) is 2.33. The predicted molar refractivity (Wildman–Crippen MR) is 88.9 cm³/mol. The molecule has 0 saturated heterocycles. The van der Waals surface area contributed by atoms with Crippen LogP contribution in [0.5, 0.6) is 0 Å². The Kier molecular flexibility index (Phi) is 6.38. The van der Waals surface area contributed by atoms with Gasteiger partial charge in [0.1, 0.15) is 0 Å². The molecule has 0 fully saturated rings. The first-order valence-electron chi connectivity index (χ1n) is 7.44. The molecule has 1 rings (SSSR count). The average Bonchev–Trinajstić information content (AvgIpc) is 2.34. The largest absolute Gasteiger partial charge is 0.308 e. The molecule has 0 radical (unpaired) electrons. The third kappa shape index (κ3) is 7.07. The minimum Gasteiger partial charge on any atom is -0.308 e. The molecular formula is C16H28N2O2S. The molecule has 0 amide bonds. The molecule has 0 heterocycles. The quantitative estimate of drug-likeness (QED) is 0.776. The molecule has 1 aromatic rings. The van der Waals surface area contributed by atoms with Crippen LogP contribution in [-0.2, 0) is 16.4 Å². The van der Waals surface area contributed by atoms with Crippen LogP contribution >= 0.6 is 0 Å². The van der Waals surface area contributed by atoms with Gasteiger partial charge in [0.15, 0.2) is 0 Å². The van der Waals surface area contributed by atoms with Crippen molar-refractivity contribution in [3.05, 3.63) is 35.4 Å². The van der Waals surface area contributed by atoms with Gasteiger partial charge in [-0.2, -0.15) is 0 Å². The molecule has 0 bridgehead atoms. The van der Waals surface area contributed by atoms with Crippen LogP contribution in [0.3, 0.4) is 0 Å². The second-order valence-electron chi connectivity index (χ2n) is 6.35. The predicted octanol–water partition coefficient (Wildman–Crippen LogP) is 2.62. The fraction of sp³-hybridized carbons (Fsp3) is 0.625. The van der Waals surface area contributed by atoms with E-state index in [2.05, 4.69) is 48.2 Å². The molecule has 0 aromatic heterocycles. The van der Waals surface area contributed by atoms with Crippen molar-refractivity contribution in [1.82, 2.24) is 10.0 Å². The maximum Gasteiger partial charge on any atom is 0.209 e. The molecular weight excluding hydrogens is 284 g/mol. The third-order valence-corrected chi connectivity index (χ3v) is 4.25. The highest BCUT2D eigenvalue weighted by Crippen LogP contribution is 2.15. The van der Waals surface area contributed by atoms with E-state index >= 15 is 0 Å². The summed E-state index contributed by atoms with van der Waals surface area (Å²) in [5, 5.41) is 3.39. The zero-order chi connectivity index (χ0) is 16.1. The average molecular weight is 312 g/mol. The molecule has 1 aromatic carbocycles. The Bertz CT molecular complexity index is 536. The Balaban J connectivity index is 2.58. The first kappa shape index (κ1) is 18.1. The summed E-state index contributed by atoms with van der Waals surface area (Å²) < 4.78 is 25.3. The zero-order valence-corrected chi connectivity index (χ0v) is 14.5. The molecule has 0 aliphatic carbocycles. The van der Waals surface area contributed by atoms with Gasteiger partial charge in [-0.15, -0.1) is 0 Å². The van der Waals surface area contributed by atoms with Crippen LogP contribution in [0.1, 0.15) is 51.3 Å². The molecule has 0 aliphatic rings. The van der Waals surface area contributed by atoms with E-state index in [4.69, 9.17) is 0 Å². The maximum atomic E-state index is 11.3. The molecule has 0 saturated carbocycles. The van der Waals surface area contributed by atoms with Crippen molar-refractivity contribution in [1.29, 1.82) is 0 Å². The van der Waals surface area contributed by atoms with Crippen molar-refractivity contribution in [2.24, 2.45) is 0 Å². The summed E-state index contributed by atoms with van der Waals surface area (Å²) in [5.74, 6) is 0. The summed E-state index contributed by atoms with van der Waals surface area (Å²) >= 11 is 0. The highest BCUT2D eigenvalue weighted by Gasteiger charge is 2.22. The number of hydrogen-bond acceptors (Lipinski definition) is 3. The number of aryl methyl sites for hydroxylation is 1. The van der Waals surface area contributed by atoms with E-state index in [0.29, 0.717) is 6.54 Å². The summed E-state index contributed by atoms with van der Waals surface area (Å²) in [4.78, 5) is 0. The fourth-order valence-corrected chi connectivity index (χ4v) is 3.40. The molecule has 5 heteroatoms. The highest BCUT2D eigenvalue weighted by molar-refractivity contribution is 7.88. The smallest absolute Gasteiger partial charge is 0.209 e. The number of sulfonamides is 1. The van der Waals surface area contributed by atoms with E-state index in [1.165, 1.54) is 17.4 Å². The van der Waals surface area contributed by atoms with Gasteiger partial charge in [0.2, 0.25) is 10.0 Å². The SMILES string of the molecule is CCCc1ccc(C(C)NCC(C)(C)NS(C)(=O)=O)cc1. The van der Waals surface area contributed by atoms with Gasteiger partial charge >= 0.3 is 0 Å². The second kappa shape index (κ2) is 7.38. The lowest BCUT2D eigenvalue weighted by Gasteiger charge is -2.27. The first-order valence-corrected chi connectivity index (χ1v) is 9.33. The molecule has 2 N–H and O–H groups in total. The number of benzene rings is 1. The summed E-state index contributed by atoms with van der Waals surface area (Å²) in [6.07, 6.45) is 3.44. The Labute approximate surface area is 129 Å². The van der Waals surface area contributed by atoms with Gasteiger partial charge in [-0.25, -0.2) is 13.1 Å². The Morgan fingerprint density at radius 3 is 2.24 bits per heavy atom. The second-order valence-corrected chi connectivity index (χ2v) is 8.10. The van der Waals surface area contributed by atoms with Gasteiger partial charge in [0.05, 0.1) is 6.26 Å². The third-order valence-electron chi connectivity index (χ3n) is 3.33. The molecule has 0 aliphatic heterocycles. The molecule has 1 atom stereocenters. The van der Waals surface area contributed by atoms with E-state index in [1.807, 2.05) is 13.8 Å². The van der Waals surface area contributed by atoms with E-state index < -0.39 is 15.6 Å². The van der Waals surface area contributed by atoms with E-state index in [1.54, 1.807) is 0 Å². The number of hydrogen-bond donors (Lipinski definition) is 2. The van der Waals surface area contributed by atoms with Gasteiger partial charge in [0, 0.05) is 18.1 Å². The molecule has 21 heavy (non-hydrogen) atoms. The van der Waals surface area contributed by atoms with Crippen LogP contribution in [-0.4, -0.2) is 26.8 Å². The zero-order valence-electron chi connectivity index (χ0n) is 13.7.